The molecule has 0 aliphatic carbocycles. The standard InChI is InChI=1S/C16H21N3O/c1-4-13-8-12(11-17)9-16(18-13)20-15-7-5-6-14(10-15)19(2)3/h5-10H,4,11,17H2,1-3H3. The summed E-state index contributed by atoms with van der Waals surface area (Å²) in [4.78, 5) is 6.51. The second kappa shape index (κ2) is 6.39. The summed E-state index contributed by atoms with van der Waals surface area (Å²) in [6, 6.07) is 11.8. The van der Waals surface area contributed by atoms with Crippen LogP contribution in [0.3, 0.4) is 0 Å². The number of nitrogens with zero attached hydrogens (tertiary/aromatic N) is 2. The van der Waals surface area contributed by atoms with Crippen LogP contribution in [0.4, 0.5) is 5.69 Å². The monoisotopic (exact) mass is 271 g/mol. The van der Waals surface area contributed by atoms with Crippen LogP contribution in [0.1, 0.15) is 18.2 Å². The van der Waals surface area contributed by atoms with Gasteiger partial charge in [0.2, 0.25) is 5.88 Å². The molecular formula is C16H21N3O. The largest absolute Gasteiger partial charge is 0.439 e. The zero-order valence-corrected chi connectivity index (χ0v) is 12.3. The normalized spacial score (nSPS) is 10.4. The lowest BCUT2D eigenvalue weighted by Gasteiger charge is -2.14. The predicted octanol–water partition coefficient (Wildman–Crippen LogP) is 2.96. The van der Waals surface area contributed by atoms with Crippen LogP contribution < -0.4 is 15.4 Å². The number of hydrogen-bond acceptors (Lipinski definition) is 4. The number of ether oxygens (including phenoxy) is 1. The number of rotatable bonds is 5. The highest BCUT2D eigenvalue weighted by molar-refractivity contribution is 5.50. The van der Waals surface area contributed by atoms with Gasteiger partial charge in [-0.05, 0) is 30.2 Å². The van der Waals surface area contributed by atoms with E-state index in [9.17, 15) is 0 Å². The van der Waals surface area contributed by atoms with Crippen molar-refractivity contribution in [1.82, 2.24) is 4.98 Å². The van der Waals surface area contributed by atoms with Crippen LogP contribution in [0.15, 0.2) is 36.4 Å². The van der Waals surface area contributed by atoms with Crippen molar-refractivity contribution in [3.05, 3.63) is 47.7 Å². The molecule has 0 amide bonds. The Morgan fingerprint density at radius 3 is 2.65 bits per heavy atom. The second-order valence-electron chi connectivity index (χ2n) is 4.86. The van der Waals surface area contributed by atoms with E-state index in [1.54, 1.807) is 0 Å². The Hall–Kier alpha value is -2.07. The molecule has 1 aromatic carbocycles. The van der Waals surface area contributed by atoms with E-state index in [2.05, 4.69) is 11.9 Å². The Morgan fingerprint density at radius 2 is 2.00 bits per heavy atom. The van der Waals surface area contributed by atoms with Crippen LogP contribution in [0, 0.1) is 0 Å². The number of aryl methyl sites for hydroxylation is 1. The lowest BCUT2D eigenvalue weighted by molar-refractivity contribution is 0.460. The van der Waals surface area contributed by atoms with Crippen LogP contribution >= 0.6 is 0 Å². The predicted molar refractivity (Wildman–Crippen MR) is 82.3 cm³/mol. The summed E-state index contributed by atoms with van der Waals surface area (Å²) in [5.41, 5.74) is 8.83. The maximum Gasteiger partial charge on any atom is 0.219 e. The highest BCUT2D eigenvalue weighted by Crippen LogP contribution is 2.25. The lowest BCUT2D eigenvalue weighted by Crippen LogP contribution is -2.08. The van der Waals surface area contributed by atoms with Gasteiger partial charge in [0.1, 0.15) is 5.75 Å². The highest BCUT2D eigenvalue weighted by atomic mass is 16.5. The minimum absolute atomic E-state index is 0.490. The van der Waals surface area contributed by atoms with Crippen LogP contribution in [0.5, 0.6) is 11.6 Å². The molecular weight excluding hydrogens is 250 g/mol. The summed E-state index contributed by atoms with van der Waals surface area (Å²) in [6.45, 7) is 2.56. The van der Waals surface area contributed by atoms with E-state index in [1.807, 2.05) is 55.4 Å². The highest BCUT2D eigenvalue weighted by Gasteiger charge is 2.05. The smallest absolute Gasteiger partial charge is 0.219 e. The van der Waals surface area contributed by atoms with E-state index in [-0.39, 0.29) is 0 Å². The SMILES string of the molecule is CCc1cc(CN)cc(Oc2cccc(N(C)C)c2)n1. The van der Waals surface area contributed by atoms with Gasteiger partial charge in [-0.3, -0.25) is 0 Å². The maximum absolute atomic E-state index is 5.86. The Bertz CT molecular complexity index is 559. The van der Waals surface area contributed by atoms with Gasteiger partial charge in [0, 0.05) is 44.2 Å². The third-order valence-corrected chi connectivity index (χ3v) is 3.07. The van der Waals surface area contributed by atoms with Crippen molar-refractivity contribution >= 4 is 5.69 Å². The van der Waals surface area contributed by atoms with Crippen molar-refractivity contribution in [3.8, 4) is 11.6 Å². The first kappa shape index (κ1) is 14.3. The first-order chi connectivity index (χ1) is 9.62. The molecule has 20 heavy (non-hydrogen) atoms. The van der Waals surface area contributed by atoms with Crippen LogP contribution in [0.25, 0.3) is 0 Å². The van der Waals surface area contributed by atoms with Crippen LogP contribution in [-0.2, 0) is 13.0 Å². The molecule has 0 unspecified atom stereocenters. The average molecular weight is 271 g/mol. The molecule has 2 aromatic rings. The molecule has 0 aliphatic heterocycles. The summed E-state index contributed by atoms with van der Waals surface area (Å²) < 4.78 is 5.86. The van der Waals surface area contributed by atoms with Gasteiger partial charge >= 0.3 is 0 Å². The topological polar surface area (TPSA) is 51.4 Å². The minimum atomic E-state index is 0.490. The van der Waals surface area contributed by atoms with Crippen molar-refractivity contribution in [2.24, 2.45) is 5.73 Å². The lowest BCUT2D eigenvalue weighted by atomic mass is 10.2. The molecule has 0 bridgehead atoms. The number of pyridine rings is 1. The van der Waals surface area contributed by atoms with E-state index in [0.29, 0.717) is 12.4 Å². The molecule has 2 N–H and O–H groups in total. The zero-order chi connectivity index (χ0) is 14.5. The molecule has 0 saturated carbocycles. The quantitative estimate of drug-likeness (QED) is 0.908. The molecule has 0 atom stereocenters. The molecule has 0 saturated heterocycles. The van der Waals surface area contributed by atoms with E-state index >= 15 is 0 Å². The molecule has 0 fully saturated rings. The van der Waals surface area contributed by atoms with E-state index in [4.69, 9.17) is 10.5 Å². The van der Waals surface area contributed by atoms with Crippen molar-refractivity contribution < 1.29 is 4.74 Å². The van der Waals surface area contributed by atoms with Crippen molar-refractivity contribution in [3.63, 3.8) is 0 Å². The maximum atomic E-state index is 5.86. The molecule has 0 radical (unpaired) electrons. The molecule has 106 valence electrons. The fourth-order valence-corrected chi connectivity index (χ4v) is 1.92. The summed E-state index contributed by atoms with van der Waals surface area (Å²) >= 11 is 0. The Balaban J connectivity index is 2.27. The van der Waals surface area contributed by atoms with Gasteiger partial charge in [-0.25, -0.2) is 4.98 Å². The molecule has 4 nitrogen and oxygen atoms in total. The number of hydrogen-bond donors (Lipinski definition) is 1. The Kier molecular flexibility index (Phi) is 4.58. The van der Waals surface area contributed by atoms with Crippen LogP contribution in [-0.4, -0.2) is 19.1 Å². The Morgan fingerprint density at radius 1 is 1.20 bits per heavy atom. The molecule has 1 heterocycles. The molecule has 0 aliphatic rings. The van der Waals surface area contributed by atoms with Gasteiger partial charge < -0.3 is 15.4 Å². The Labute approximate surface area is 120 Å². The van der Waals surface area contributed by atoms with Gasteiger partial charge in [-0.15, -0.1) is 0 Å². The van der Waals surface area contributed by atoms with E-state index in [0.717, 1.165) is 29.1 Å². The van der Waals surface area contributed by atoms with E-state index < -0.39 is 0 Å². The van der Waals surface area contributed by atoms with Gasteiger partial charge in [-0.2, -0.15) is 0 Å². The first-order valence-electron chi connectivity index (χ1n) is 6.77. The molecule has 4 heteroatoms. The third-order valence-electron chi connectivity index (χ3n) is 3.07. The number of benzene rings is 1. The van der Waals surface area contributed by atoms with Gasteiger partial charge in [0.05, 0.1) is 0 Å². The van der Waals surface area contributed by atoms with E-state index in [1.165, 1.54) is 0 Å². The molecule has 0 spiro atoms. The summed E-state index contributed by atoms with van der Waals surface area (Å²) in [6.07, 6.45) is 0.863. The van der Waals surface area contributed by atoms with Crippen LogP contribution in [0.2, 0.25) is 0 Å². The first-order valence-corrected chi connectivity index (χ1v) is 6.77. The van der Waals surface area contributed by atoms with Gasteiger partial charge in [-0.1, -0.05) is 13.0 Å². The zero-order valence-electron chi connectivity index (χ0n) is 12.3. The van der Waals surface area contributed by atoms with Gasteiger partial charge in [0.15, 0.2) is 0 Å². The molecule has 2 rings (SSSR count). The number of anilines is 1. The second-order valence-corrected chi connectivity index (χ2v) is 4.86. The van der Waals surface area contributed by atoms with Crippen molar-refractivity contribution in [2.45, 2.75) is 19.9 Å². The fourth-order valence-electron chi connectivity index (χ4n) is 1.92. The summed E-state index contributed by atoms with van der Waals surface area (Å²) in [7, 11) is 4.00. The number of nitrogens with two attached hydrogens (primary N) is 1. The third kappa shape index (κ3) is 3.48. The molecule has 1 aromatic heterocycles. The summed E-state index contributed by atoms with van der Waals surface area (Å²) in [5.74, 6) is 1.38. The minimum Gasteiger partial charge on any atom is -0.439 e. The van der Waals surface area contributed by atoms with Gasteiger partial charge in [0.25, 0.3) is 0 Å². The van der Waals surface area contributed by atoms with Crippen molar-refractivity contribution in [1.29, 1.82) is 0 Å². The average Bonchev–Trinajstić information content (AvgIpc) is 2.47. The summed E-state index contributed by atoms with van der Waals surface area (Å²) in [5, 5.41) is 0. The number of aromatic nitrogens is 1. The van der Waals surface area contributed by atoms with Crippen molar-refractivity contribution in [2.75, 3.05) is 19.0 Å². The fraction of sp³-hybridized carbons (Fsp3) is 0.312.